The van der Waals surface area contributed by atoms with Gasteiger partial charge in [-0.05, 0) is 58.4 Å². The largest absolute Gasteiger partial charge is 0.483 e. The molecule has 0 bridgehead atoms. The summed E-state index contributed by atoms with van der Waals surface area (Å²) in [7, 11) is 0. The quantitative estimate of drug-likeness (QED) is 0.656. The maximum atomic E-state index is 12.0. The lowest BCUT2D eigenvalue weighted by Gasteiger charge is -2.21. The molecule has 2 aromatic rings. The van der Waals surface area contributed by atoms with Gasteiger partial charge in [0.15, 0.2) is 6.61 Å². The van der Waals surface area contributed by atoms with Crippen LogP contribution < -0.4 is 20.9 Å². The van der Waals surface area contributed by atoms with Crippen molar-refractivity contribution in [1.29, 1.82) is 0 Å². The molecule has 0 unspecified atom stereocenters. The Labute approximate surface area is 160 Å². The molecule has 0 aliphatic heterocycles. The predicted molar refractivity (Wildman–Crippen MR) is 99.0 cm³/mol. The van der Waals surface area contributed by atoms with Gasteiger partial charge in [0.25, 0.3) is 5.91 Å². The van der Waals surface area contributed by atoms with Gasteiger partial charge in [0.2, 0.25) is 0 Å². The first-order valence-corrected chi connectivity index (χ1v) is 8.55. The number of carbonyl (C=O) groups excluding carboxylic acids is 2. The third-order valence-corrected chi connectivity index (χ3v) is 4.16. The fourth-order valence-corrected chi connectivity index (χ4v) is 3.02. The molecule has 3 N–H and O–H groups in total. The average Bonchev–Trinajstić information content (AvgIpc) is 2.52. The van der Waals surface area contributed by atoms with Crippen molar-refractivity contribution in [1.82, 2.24) is 5.43 Å². The third-order valence-electron chi connectivity index (χ3n) is 2.79. The summed E-state index contributed by atoms with van der Waals surface area (Å²) in [4.78, 5) is 23.5. The van der Waals surface area contributed by atoms with E-state index in [1.165, 1.54) is 0 Å². The van der Waals surface area contributed by atoms with Crippen molar-refractivity contribution >= 4 is 61.1 Å². The fraction of sp³-hybridized carbons (Fsp3) is 0.0667. The van der Waals surface area contributed by atoms with Crippen molar-refractivity contribution in [3.63, 3.8) is 0 Å². The van der Waals surface area contributed by atoms with Gasteiger partial charge < -0.3 is 10.5 Å². The Bertz CT molecular complexity index is 756. The fourth-order valence-electron chi connectivity index (χ4n) is 1.73. The zero-order valence-corrected chi connectivity index (χ0v) is 16.1. The Kier molecular flexibility index (Phi) is 6.47. The number of urea groups is 1. The number of rotatable bonds is 4. The van der Waals surface area contributed by atoms with Gasteiger partial charge in [-0.25, -0.2) is 9.80 Å². The number of primary amides is 1. The molecule has 0 fully saturated rings. The molecule has 3 amide bonds. The summed E-state index contributed by atoms with van der Waals surface area (Å²) in [6.07, 6.45) is 0. The van der Waals surface area contributed by atoms with E-state index in [9.17, 15) is 9.59 Å². The molecule has 0 aliphatic rings. The molecule has 2 rings (SSSR count). The third kappa shape index (κ3) is 5.12. The number of amides is 3. The zero-order valence-electron chi connectivity index (χ0n) is 12.1. The number of ether oxygens (including phenoxy) is 1. The summed E-state index contributed by atoms with van der Waals surface area (Å²) in [5.41, 5.74) is 8.05. The van der Waals surface area contributed by atoms with E-state index in [0.29, 0.717) is 20.9 Å². The number of hydrogen-bond donors (Lipinski definition) is 2. The monoisotopic (exact) mass is 475 g/mol. The summed E-state index contributed by atoms with van der Waals surface area (Å²) in [5, 5.41) is 1.41. The minimum atomic E-state index is -0.838. The van der Waals surface area contributed by atoms with Crippen molar-refractivity contribution in [2.75, 3.05) is 11.6 Å². The normalized spacial score (nSPS) is 10.1. The van der Waals surface area contributed by atoms with Crippen LogP contribution in [0.1, 0.15) is 0 Å². The second-order valence-electron chi connectivity index (χ2n) is 4.55. The first-order chi connectivity index (χ1) is 11.4. The van der Waals surface area contributed by atoms with Gasteiger partial charge in [0.1, 0.15) is 5.75 Å². The van der Waals surface area contributed by atoms with Crippen LogP contribution in [0, 0.1) is 0 Å². The van der Waals surface area contributed by atoms with Crippen molar-refractivity contribution in [2.24, 2.45) is 5.73 Å². The number of hydrazine groups is 1. The van der Waals surface area contributed by atoms with E-state index in [1.54, 1.807) is 42.5 Å². The molecule has 0 aromatic heterocycles. The lowest BCUT2D eigenvalue weighted by atomic mass is 10.3. The number of nitrogens with one attached hydrogen (secondary N) is 1. The Morgan fingerprint density at radius 2 is 1.83 bits per heavy atom. The molecule has 0 heterocycles. The van der Waals surface area contributed by atoms with Crippen LogP contribution in [0.3, 0.4) is 0 Å². The Morgan fingerprint density at radius 1 is 1.17 bits per heavy atom. The van der Waals surface area contributed by atoms with E-state index in [0.717, 1.165) is 9.48 Å². The zero-order chi connectivity index (χ0) is 17.7. The number of halogens is 3. The van der Waals surface area contributed by atoms with Crippen LogP contribution >= 0.6 is 43.5 Å². The standard InChI is InChI=1S/C15H12Br2ClN3O3/c16-9-1-6-13(12(17)7-9)24-8-14(22)20-21(15(19)23)11-4-2-10(18)3-5-11/h1-7H,8H2,(H2,19,23)(H,20,22). The van der Waals surface area contributed by atoms with E-state index < -0.39 is 11.9 Å². The van der Waals surface area contributed by atoms with Crippen molar-refractivity contribution in [3.8, 4) is 5.75 Å². The van der Waals surface area contributed by atoms with Crippen LogP contribution in [0.4, 0.5) is 10.5 Å². The van der Waals surface area contributed by atoms with Crippen LogP contribution in [-0.4, -0.2) is 18.5 Å². The highest BCUT2D eigenvalue weighted by Gasteiger charge is 2.16. The number of anilines is 1. The molecule has 2 aromatic carbocycles. The van der Waals surface area contributed by atoms with E-state index in [2.05, 4.69) is 37.3 Å². The number of benzene rings is 2. The molecule has 0 saturated carbocycles. The van der Waals surface area contributed by atoms with Gasteiger partial charge in [-0.2, -0.15) is 0 Å². The molecular weight excluding hydrogens is 465 g/mol. The number of nitrogens with zero attached hydrogens (tertiary/aromatic N) is 1. The van der Waals surface area contributed by atoms with Crippen LogP contribution in [0.5, 0.6) is 5.75 Å². The topological polar surface area (TPSA) is 84.7 Å². The minimum Gasteiger partial charge on any atom is -0.483 e. The number of carbonyl (C=O) groups is 2. The molecule has 9 heteroatoms. The summed E-state index contributed by atoms with van der Waals surface area (Å²) in [5.74, 6) is -0.0518. The van der Waals surface area contributed by atoms with Crippen LogP contribution in [0.25, 0.3) is 0 Å². The molecule has 24 heavy (non-hydrogen) atoms. The summed E-state index contributed by atoms with van der Waals surface area (Å²) in [6.45, 7) is -0.294. The van der Waals surface area contributed by atoms with Gasteiger partial charge in [-0.15, -0.1) is 0 Å². The second kappa shape index (κ2) is 8.36. The van der Waals surface area contributed by atoms with Crippen molar-refractivity contribution in [2.45, 2.75) is 0 Å². The summed E-state index contributed by atoms with van der Waals surface area (Å²) < 4.78 is 6.97. The summed E-state index contributed by atoms with van der Waals surface area (Å²) >= 11 is 12.4. The number of hydrogen-bond acceptors (Lipinski definition) is 3. The SMILES string of the molecule is NC(=O)N(NC(=O)COc1ccc(Br)cc1Br)c1ccc(Cl)cc1. The molecule has 0 saturated heterocycles. The highest BCUT2D eigenvalue weighted by atomic mass is 79.9. The predicted octanol–water partition coefficient (Wildman–Crippen LogP) is 3.86. The molecule has 0 aliphatic carbocycles. The first kappa shape index (κ1) is 18.6. The average molecular weight is 478 g/mol. The first-order valence-electron chi connectivity index (χ1n) is 6.59. The molecule has 0 spiro atoms. The van der Waals surface area contributed by atoms with E-state index in [-0.39, 0.29) is 6.61 Å². The molecule has 0 atom stereocenters. The van der Waals surface area contributed by atoms with Gasteiger partial charge >= 0.3 is 6.03 Å². The summed E-state index contributed by atoms with van der Waals surface area (Å²) in [6, 6.07) is 10.7. The van der Waals surface area contributed by atoms with Gasteiger partial charge in [-0.3, -0.25) is 10.2 Å². The van der Waals surface area contributed by atoms with Gasteiger partial charge in [0, 0.05) is 9.50 Å². The van der Waals surface area contributed by atoms with Crippen LogP contribution in [0.2, 0.25) is 5.02 Å². The molecule has 126 valence electrons. The maximum absolute atomic E-state index is 12.0. The molecule has 6 nitrogen and oxygen atoms in total. The number of nitrogens with two attached hydrogens (primary N) is 1. The van der Waals surface area contributed by atoms with E-state index >= 15 is 0 Å². The highest BCUT2D eigenvalue weighted by molar-refractivity contribution is 9.11. The maximum Gasteiger partial charge on any atom is 0.338 e. The Morgan fingerprint density at radius 3 is 2.42 bits per heavy atom. The van der Waals surface area contributed by atoms with Crippen LogP contribution in [0.15, 0.2) is 51.4 Å². The smallest absolute Gasteiger partial charge is 0.338 e. The highest BCUT2D eigenvalue weighted by Crippen LogP contribution is 2.28. The van der Waals surface area contributed by atoms with Crippen molar-refractivity contribution in [3.05, 3.63) is 56.4 Å². The Balaban J connectivity index is 2.00. The van der Waals surface area contributed by atoms with Gasteiger partial charge in [0.05, 0.1) is 10.2 Å². The Hall–Kier alpha value is -1.77. The van der Waals surface area contributed by atoms with Gasteiger partial charge in [-0.1, -0.05) is 27.5 Å². The minimum absolute atomic E-state index is 0.294. The van der Waals surface area contributed by atoms with Crippen molar-refractivity contribution < 1.29 is 14.3 Å². The van der Waals surface area contributed by atoms with E-state index in [1.807, 2.05) is 0 Å². The molecular formula is C15H12Br2ClN3O3. The van der Waals surface area contributed by atoms with Crippen LogP contribution in [-0.2, 0) is 4.79 Å². The lowest BCUT2D eigenvalue weighted by Crippen LogP contribution is -2.50. The van der Waals surface area contributed by atoms with E-state index in [4.69, 9.17) is 22.1 Å². The molecule has 0 radical (unpaired) electrons. The lowest BCUT2D eigenvalue weighted by molar-refractivity contribution is -0.123. The second-order valence-corrected chi connectivity index (χ2v) is 6.75.